The van der Waals surface area contributed by atoms with Crippen LogP contribution in [0.4, 0.5) is 0 Å². The maximum atomic E-state index is 11.7. The number of nitrogens with zero attached hydrogens (tertiary/aromatic N) is 2. The summed E-state index contributed by atoms with van der Waals surface area (Å²) in [7, 11) is 0. The first-order valence-corrected chi connectivity index (χ1v) is 17.4. The highest BCUT2D eigenvalue weighted by atomic mass is 32.2. The maximum absolute atomic E-state index is 11.7. The van der Waals surface area contributed by atoms with E-state index in [9.17, 15) is 4.79 Å². The van der Waals surface area contributed by atoms with Crippen molar-refractivity contribution in [3.63, 3.8) is 0 Å². The Morgan fingerprint density at radius 2 is 1.35 bits per heavy atom. The minimum absolute atomic E-state index is 0.0844. The third-order valence-electron chi connectivity index (χ3n) is 8.19. The van der Waals surface area contributed by atoms with Gasteiger partial charge in [-0.25, -0.2) is 4.79 Å². The zero-order chi connectivity index (χ0) is 32.0. The van der Waals surface area contributed by atoms with Gasteiger partial charge < -0.3 is 9.47 Å². The lowest BCUT2D eigenvalue weighted by atomic mass is 9.96. The average Bonchev–Trinajstić information content (AvgIpc) is 3.79. The lowest BCUT2D eigenvalue weighted by Gasteiger charge is -2.11. The van der Waals surface area contributed by atoms with Gasteiger partial charge in [0, 0.05) is 21.8 Å². The van der Waals surface area contributed by atoms with Crippen LogP contribution in [0.1, 0.15) is 60.4 Å². The van der Waals surface area contributed by atoms with Gasteiger partial charge in [-0.2, -0.15) is 0 Å². The molecule has 0 spiro atoms. The van der Waals surface area contributed by atoms with Gasteiger partial charge in [-0.15, -0.1) is 11.8 Å². The number of likely N-dealkylation sites (tertiary alicyclic amines) is 2. The predicted octanol–water partition coefficient (Wildman–Crippen LogP) is 7.06. The summed E-state index contributed by atoms with van der Waals surface area (Å²) in [6.07, 6.45) is 7.44. The van der Waals surface area contributed by atoms with Crippen LogP contribution in [0.3, 0.4) is 0 Å². The fraction of sp³-hybridized carbons (Fsp3) is 0.375. The van der Waals surface area contributed by atoms with Gasteiger partial charge in [0.2, 0.25) is 0 Å². The fourth-order valence-electron chi connectivity index (χ4n) is 5.69. The van der Waals surface area contributed by atoms with E-state index in [2.05, 4.69) is 94.2 Å². The number of ether oxygens (including phenoxy) is 2. The molecule has 5 rings (SSSR count). The van der Waals surface area contributed by atoms with Crippen molar-refractivity contribution in [2.75, 3.05) is 58.2 Å². The van der Waals surface area contributed by atoms with E-state index in [4.69, 9.17) is 9.47 Å². The van der Waals surface area contributed by atoms with Crippen LogP contribution < -0.4 is 4.74 Å². The molecule has 2 saturated heterocycles. The van der Waals surface area contributed by atoms with Crippen LogP contribution in [0.25, 0.3) is 5.57 Å². The first-order valence-electron chi connectivity index (χ1n) is 16.4. The van der Waals surface area contributed by atoms with Crippen LogP contribution in [0.2, 0.25) is 0 Å². The number of carbonyl (C=O) groups excluding carboxylic acids is 1. The van der Waals surface area contributed by atoms with E-state index in [1.807, 2.05) is 19.1 Å². The van der Waals surface area contributed by atoms with Gasteiger partial charge in [-0.05, 0) is 130 Å². The van der Waals surface area contributed by atoms with Gasteiger partial charge in [0.1, 0.15) is 5.75 Å². The van der Waals surface area contributed by atoms with E-state index < -0.39 is 0 Å². The Hall–Kier alpha value is -3.94. The molecule has 2 aliphatic rings. The molecule has 0 amide bonds. The minimum atomic E-state index is -0.359. The number of esters is 1. The van der Waals surface area contributed by atoms with E-state index in [-0.39, 0.29) is 12.6 Å². The van der Waals surface area contributed by atoms with Gasteiger partial charge >= 0.3 is 5.97 Å². The first-order chi connectivity index (χ1) is 22.6. The molecule has 3 aromatic rings. The molecule has 0 bridgehead atoms. The molecular weight excluding hydrogens is 589 g/mol. The van der Waals surface area contributed by atoms with Crippen molar-refractivity contribution in [1.82, 2.24) is 9.80 Å². The number of hydrogen-bond donors (Lipinski definition) is 0. The molecule has 6 heteroatoms. The minimum Gasteiger partial charge on any atom is -0.482 e. The molecule has 2 heterocycles. The Morgan fingerprint density at radius 1 is 0.804 bits per heavy atom. The van der Waals surface area contributed by atoms with Crippen molar-refractivity contribution < 1.29 is 14.3 Å². The van der Waals surface area contributed by atoms with Crippen molar-refractivity contribution in [3.05, 3.63) is 101 Å². The largest absolute Gasteiger partial charge is 0.482 e. The van der Waals surface area contributed by atoms with Crippen LogP contribution in [0, 0.1) is 30.6 Å². The predicted molar refractivity (Wildman–Crippen MR) is 189 cm³/mol. The fourth-order valence-corrected chi connectivity index (χ4v) is 6.56. The quantitative estimate of drug-likeness (QED) is 0.128. The normalized spacial score (nSPS) is 14.6. The molecule has 5 nitrogen and oxygen atoms in total. The lowest BCUT2D eigenvalue weighted by molar-refractivity contribution is -0.145. The van der Waals surface area contributed by atoms with Crippen LogP contribution in [0.15, 0.2) is 77.7 Å². The molecule has 0 N–H and O–H groups in total. The zero-order valence-corrected chi connectivity index (χ0v) is 28.0. The van der Waals surface area contributed by atoms with Crippen LogP contribution >= 0.6 is 11.8 Å². The molecule has 0 unspecified atom stereocenters. The summed E-state index contributed by atoms with van der Waals surface area (Å²) in [6.45, 7) is 10.4. The smallest absolute Gasteiger partial charge is 0.344 e. The van der Waals surface area contributed by atoms with Crippen molar-refractivity contribution in [2.45, 2.75) is 44.4 Å². The molecule has 238 valence electrons. The molecular formula is C40H44N2O3S. The summed E-state index contributed by atoms with van der Waals surface area (Å²) in [5.41, 5.74) is 6.59. The van der Waals surface area contributed by atoms with E-state index in [0.717, 1.165) is 77.7 Å². The molecule has 0 aromatic heterocycles. The molecule has 2 fully saturated rings. The topological polar surface area (TPSA) is 42.0 Å². The third kappa shape index (κ3) is 10.3. The molecule has 0 aliphatic carbocycles. The van der Waals surface area contributed by atoms with Crippen LogP contribution in [-0.2, 0) is 9.53 Å². The molecule has 3 aromatic carbocycles. The zero-order valence-electron chi connectivity index (χ0n) is 27.1. The van der Waals surface area contributed by atoms with Crippen molar-refractivity contribution in [1.29, 1.82) is 0 Å². The molecule has 46 heavy (non-hydrogen) atoms. The summed E-state index contributed by atoms with van der Waals surface area (Å²) in [5, 5.41) is 0. The highest BCUT2D eigenvalue weighted by molar-refractivity contribution is 7.99. The molecule has 2 aliphatic heterocycles. The third-order valence-corrected chi connectivity index (χ3v) is 9.12. The van der Waals surface area contributed by atoms with Gasteiger partial charge in [0.25, 0.3) is 0 Å². The highest BCUT2D eigenvalue weighted by Gasteiger charge is 2.11. The Morgan fingerprint density at radius 3 is 1.85 bits per heavy atom. The lowest BCUT2D eigenvalue weighted by Crippen LogP contribution is -2.18. The monoisotopic (exact) mass is 632 g/mol. The second-order valence-electron chi connectivity index (χ2n) is 11.7. The Labute approximate surface area is 279 Å². The highest BCUT2D eigenvalue weighted by Crippen LogP contribution is 2.29. The number of carbonyl (C=O) groups is 1. The Kier molecular flexibility index (Phi) is 12.8. The Balaban J connectivity index is 1.28. The number of hydrogen-bond acceptors (Lipinski definition) is 6. The molecule has 0 atom stereocenters. The number of thioether (sulfide) groups is 1. The first kappa shape index (κ1) is 33.4. The van der Waals surface area contributed by atoms with Gasteiger partial charge in [0.15, 0.2) is 6.61 Å². The average molecular weight is 633 g/mol. The summed E-state index contributed by atoms with van der Waals surface area (Å²) < 4.78 is 10.6. The second-order valence-corrected chi connectivity index (χ2v) is 12.8. The van der Waals surface area contributed by atoms with E-state index in [1.165, 1.54) is 31.3 Å². The summed E-state index contributed by atoms with van der Waals surface area (Å²) in [4.78, 5) is 17.7. The maximum Gasteiger partial charge on any atom is 0.344 e. The summed E-state index contributed by atoms with van der Waals surface area (Å²) in [6, 6.07) is 23.3. The van der Waals surface area contributed by atoms with Crippen molar-refractivity contribution >= 4 is 23.3 Å². The Bertz CT molecular complexity index is 1510. The van der Waals surface area contributed by atoms with Crippen molar-refractivity contribution in [3.8, 4) is 29.4 Å². The number of rotatable bonds is 11. The standard InChI is InChI=1S/C40H44N2O3S/c1-3-44-40(43)31-45-39-21-20-37(30-32(39)2)46-29-22-38(35-16-12-33(13-17-35)10-8-27-41-23-4-5-24-41)36-18-14-34(15-19-36)11-9-28-42-25-6-7-26-42/h12-22,30H,3-7,23-29,31H2,1-2H3. The summed E-state index contributed by atoms with van der Waals surface area (Å²) >= 11 is 1.77. The number of benzene rings is 3. The number of aryl methyl sites for hydroxylation is 1. The van der Waals surface area contributed by atoms with E-state index in [0.29, 0.717) is 12.4 Å². The van der Waals surface area contributed by atoms with Gasteiger partial charge in [-0.1, -0.05) is 54.0 Å². The van der Waals surface area contributed by atoms with Gasteiger partial charge in [-0.3, -0.25) is 9.80 Å². The summed E-state index contributed by atoms with van der Waals surface area (Å²) in [5.74, 6) is 14.5. The van der Waals surface area contributed by atoms with E-state index >= 15 is 0 Å². The van der Waals surface area contributed by atoms with Gasteiger partial charge in [0.05, 0.1) is 19.7 Å². The second kappa shape index (κ2) is 17.7. The van der Waals surface area contributed by atoms with Crippen molar-refractivity contribution in [2.24, 2.45) is 0 Å². The molecule has 0 radical (unpaired) electrons. The molecule has 0 saturated carbocycles. The van der Waals surface area contributed by atoms with Crippen LogP contribution in [0.5, 0.6) is 5.75 Å². The SMILES string of the molecule is CCOC(=O)COc1ccc(SCC=C(c2ccc(C#CCN3CCCC3)cc2)c2ccc(C#CCN3CCCC3)cc2)cc1C. The van der Waals surface area contributed by atoms with E-state index in [1.54, 1.807) is 18.7 Å². The van der Waals surface area contributed by atoms with Crippen LogP contribution in [-0.4, -0.2) is 74.0 Å².